The fraction of sp³-hybridized carbons (Fsp3) is 0.320. The molecule has 1 saturated heterocycles. The van der Waals surface area contributed by atoms with Crippen molar-refractivity contribution in [2.45, 2.75) is 44.6 Å². The molecule has 5 atom stereocenters. The van der Waals surface area contributed by atoms with E-state index in [0.29, 0.717) is 0 Å². The molecular weight excluding hydrogens is 524 g/mol. The molecule has 14 nitrogen and oxygen atoms in total. The molecule has 2 heterocycles. The van der Waals surface area contributed by atoms with Crippen molar-refractivity contribution in [1.82, 2.24) is 0 Å². The van der Waals surface area contributed by atoms with Gasteiger partial charge in [0.15, 0.2) is 29.3 Å². The molecule has 1 aliphatic rings. The van der Waals surface area contributed by atoms with E-state index in [2.05, 4.69) is 0 Å². The van der Waals surface area contributed by atoms with E-state index in [9.17, 15) is 45.0 Å². The summed E-state index contributed by atoms with van der Waals surface area (Å²) < 4.78 is 27.1. The van der Waals surface area contributed by atoms with Crippen LogP contribution in [0.25, 0.3) is 22.3 Å². The minimum Gasteiger partial charge on any atom is -0.508 e. The van der Waals surface area contributed by atoms with Crippen LogP contribution in [0.2, 0.25) is 0 Å². The van der Waals surface area contributed by atoms with Gasteiger partial charge in [-0.25, -0.2) is 0 Å². The zero-order chi connectivity index (χ0) is 28.6. The smallest absolute Gasteiger partial charge is 0.303 e. The van der Waals surface area contributed by atoms with Gasteiger partial charge in [-0.2, -0.15) is 0 Å². The molecule has 0 spiro atoms. The van der Waals surface area contributed by atoms with E-state index in [-0.39, 0.29) is 11.3 Å². The summed E-state index contributed by atoms with van der Waals surface area (Å²) in [4.78, 5) is 36.3. The second kappa shape index (κ2) is 10.7. The third-order valence-electron chi connectivity index (χ3n) is 5.82. The Morgan fingerprint density at radius 3 is 2.15 bits per heavy atom. The van der Waals surface area contributed by atoms with Gasteiger partial charge >= 0.3 is 11.9 Å². The Balaban J connectivity index is 1.86. The minimum atomic E-state index is -1.78. The first kappa shape index (κ1) is 27.5. The van der Waals surface area contributed by atoms with Crippen LogP contribution in [0.15, 0.2) is 39.5 Å². The minimum absolute atomic E-state index is 0.115. The summed E-state index contributed by atoms with van der Waals surface area (Å²) in [5.41, 5.74) is -1.54. The number of phenols is 3. The number of aliphatic hydroxyl groups excluding tert-OH is 2. The van der Waals surface area contributed by atoms with Crippen molar-refractivity contribution in [3.63, 3.8) is 0 Å². The van der Waals surface area contributed by atoms with Crippen LogP contribution in [-0.2, 0) is 23.8 Å². The number of fused-ring (bicyclic) bond motifs is 1. The molecule has 1 fully saturated rings. The summed E-state index contributed by atoms with van der Waals surface area (Å²) >= 11 is 0. The average Bonchev–Trinajstić information content (AvgIpc) is 2.87. The maximum Gasteiger partial charge on any atom is 0.303 e. The fourth-order valence-corrected chi connectivity index (χ4v) is 4.13. The van der Waals surface area contributed by atoms with Crippen LogP contribution in [0.5, 0.6) is 28.7 Å². The molecule has 14 heteroatoms. The predicted octanol–water partition coefficient (Wildman–Crippen LogP) is 0.603. The molecule has 1 aliphatic heterocycles. The van der Waals surface area contributed by atoms with Gasteiger partial charge in [-0.05, 0) is 24.3 Å². The number of phenolic OH excluding ortho intramolecular Hbond substituents is 3. The molecule has 39 heavy (non-hydrogen) atoms. The number of aromatic hydroxyl groups is 4. The molecule has 0 saturated carbocycles. The van der Waals surface area contributed by atoms with Gasteiger partial charge in [0.1, 0.15) is 29.1 Å². The molecule has 0 bridgehead atoms. The van der Waals surface area contributed by atoms with Crippen LogP contribution < -0.4 is 10.2 Å². The molecule has 3 aromatic rings. The Bertz CT molecular complexity index is 1460. The Morgan fingerprint density at radius 2 is 1.56 bits per heavy atom. The lowest BCUT2D eigenvalue weighted by atomic mass is 9.98. The number of aliphatic hydroxyl groups is 2. The van der Waals surface area contributed by atoms with Crippen LogP contribution in [0.1, 0.15) is 13.8 Å². The quantitative estimate of drug-likeness (QED) is 0.232. The summed E-state index contributed by atoms with van der Waals surface area (Å²) in [5, 5.41) is 61.1. The van der Waals surface area contributed by atoms with E-state index in [1.54, 1.807) is 0 Å². The third-order valence-corrected chi connectivity index (χ3v) is 5.82. The Morgan fingerprint density at radius 1 is 0.949 bits per heavy atom. The van der Waals surface area contributed by atoms with E-state index in [4.69, 9.17) is 23.4 Å². The highest BCUT2D eigenvalue weighted by Crippen LogP contribution is 2.44. The first-order valence-corrected chi connectivity index (χ1v) is 11.4. The molecular formula is C25H24O14. The van der Waals surface area contributed by atoms with E-state index < -0.39 is 94.4 Å². The van der Waals surface area contributed by atoms with E-state index in [0.717, 1.165) is 19.9 Å². The average molecular weight is 548 g/mol. The fourth-order valence-electron chi connectivity index (χ4n) is 4.13. The van der Waals surface area contributed by atoms with Crippen LogP contribution in [0.4, 0.5) is 0 Å². The summed E-state index contributed by atoms with van der Waals surface area (Å²) in [6, 6.07) is 5.87. The largest absolute Gasteiger partial charge is 0.508 e. The normalized spacial score (nSPS) is 22.8. The first-order valence-electron chi connectivity index (χ1n) is 11.4. The highest BCUT2D eigenvalue weighted by atomic mass is 16.7. The SMILES string of the molecule is CC(=O)OC1C(CO)OC(Oc2c(O)cc(O)c3c(=O)c(O)c(-c4ccc(O)cc4)oc23)C(OC(C)=O)C1O. The van der Waals surface area contributed by atoms with Crippen LogP contribution >= 0.6 is 0 Å². The van der Waals surface area contributed by atoms with Gasteiger partial charge in [-0.3, -0.25) is 14.4 Å². The maximum atomic E-state index is 13.0. The summed E-state index contributed by atoms with van der Waals surface area (Å²) in [7, 11) is 0. The monoisotopic (exact) mass is 548 g/mol. The van der Waals surface area contributed by atoms with Gasteiger partial charge in [0.05, 0.1) is 6.61 Å². The topological polar surface area (TPSA) is 223 Å². The van der Waals surface area contributed by atoms with Crippen molar-refractivity contribution in [3.05, 3.63) is 40.6 Å². The number of benzene rings is 2. The highest BCUT2D eigenvalue weighted by molar-refractivity contribution is 5.93. The number of carbonyl (C=O) groups excluding carboxylic acids is 2. The molecule has 208 valence electrons. The number of carbonyl (C=O) groups is 2. The second-order valence-electron chi connectivity index (χ2n) is 8.59. The second-order valence-corrected chi connectivity index (χ2v) is 8.59. The van der Waals surface area contributed by atoms with Gasteiger partial charge in [-0.15, -0.1) is 0 Å². The third kappa shape index (κ3) is 5.25. The Kier molecular flexibility index (Phi) is 7.53. The molecule has 0 radical (unpaired) electrons. The van der Waals surface area contributed by atoms with Gasteiger partial charge in [-0.1, -0.05) is 0 Å². The Hall–Kier alpha value is -4.53. The molecule has 2 aromatic carbocycles. The summed E-state index contributed by atoms with van der Waals surface area (Å²) in [5.74, 6) is -5.34. The Labute approximate surface area is 218 Å². The number of esters is 2. The number of rotatable bonds is 6. The van der Waals surface area contributed by atoms with Gasteiger partial charge in [0.25, 0.3) is 0 Å². The molecule has 5 unspecified atom stereocenters. The van der Waals surface area contributed by atoms with Gasteiger partial charge in [0, 0.05) is 25.5 Å². The van der Waals surface area contributed by atoms with Crippen molar-refractivity contribution in [2.75, 3.05) is 6.61 Å². The van der Waals surface area contributed by atoms with Crippen LogP contribution in [0, 0.1) is 0 Å². The van der Waals surface area contributed by atoms with Crippen LogP contribution in [-0.4, -0.2) is 79.9 Å². The van der Waals surface area contributed by atoms with Crippen molar-refractivity contribution >= 4 is 22.9 Å². The van der Waals surface area contributed by atoms with Crippen molar-refractivity contribution in [1.29, 1.82) is 0 Å². The van der Waals surface area contributed by atoms with Crippen molar-refractivity contribution < 1.29 is 63.6 Å². The zero-order valence-electron chi connectivity index (χ0n) is 20.4. The summed E-state index contributed by atoms with van der Waals surface area (Å²) in [6.07, 6.45) is -8.09. The first-order chi connectivity index (χ1) is 18.4. The summed E-state index contributed by atoms with van der Waals surface area (Å²) in [6.45, 7) is 1.29. The van der Waals surface area contributed by atoms with Gasteiger partial charge in [0.2, 0.25) is 23.2 Å². The van der Waals surface area contributed by atoms with Crippen molar-refractivity contribution in [2.24, 2.45) is 0 Å². The number of ether oxygens (including phenoxy) is 4. The number of hydrogen-bond donors (Lipinski definition) is 6. The highest BCUT2D eigenvalue weighted by Gasteiger charge is 2.50. The molecule has 0 amide bonds. The predicted molar refractivity (Wildman–Crippen MR) is 128 cm³/mol. The van der Waals surface area contributed by atoms with Crippen LogP contribution in [0.3, 0.4) is 0 Å². The van der Waals surface area contributed by atoms with E-state index >= 15 is 0 Å². The van der Waals surface area contributed by atoms with Gasteiger partial charge < -0.3 is 54.0 Å². The number of hydrogen-bond acceptors (Lipinski definition) is 14. The van der Waals surface area contributed by atoms with Crippen molar-refractivity contribution in [3.8, 4) is 40.1 Å². The lowest BCUT2D eigenvalue weighted by molar-refractivity contribution is -0.284. The lowest BCUT2D eigenvalue weighted by Crippen LogP contribution is -2.62. The standard InChI is InChI=1S/C25H24O14/c1-9(27)35-22-15(8-26)37-25(24(19(22)34)36-10(2)28)39-21-14(31)7-13(30)16-17(32)18(33)20(38-23(16)21)11-3-5-12(29)6-4-11/h3-7,15,19,22,24-26,29-31,33-34H,8H2,1-2H3. The molecule has 4 rings (SSSR count). The molecule has 6 N–H and O–H groups in total. The van der Waals surface area contributed by atoms with E-state index in [1.165, 1.54) is 24.3 Å². The molecule has 1 aromatic heterocycles. The maximum absolute atomic E-state index is 13.0. The lowest BCUT2D eigenvalue weighted by Gasteiger charge is -2.42. The zero-order valence-corrected chi connectivity index (χ0v) is 20.4. The molecule has 0 aliphatic carbocycles. The van der Waals surface area contributed by atoms with E-state index in [1.807, 2.05) is 0 Å².